The van der Waals surface area contributed by atoms with Gasteiger partial charge < -0.3 is 20.1 Å². The summed E-state index contributed by atoms with van der Waals surface area (Å²) in [5.41, 5.74) is -0.180. The summed E-state index contributed by atoms with van der Waals surface area (Å²) >= 11 is 0. The van der Waals surface area contributed by atoms with Crippen LogP contribution in [0.5, 0.6) is 0 Å². The van der Waals surface area contributed by atoms with Crippen molar-refractivity contribution in [3.05, 3.63) is 29.8 Å². The van der Waals surface area contributed by atoms with Crippen molar-refractivity contribution in [2.45, 2.75) is 72.4 Å². The maximum absolute atomic E-state index is 13.3. The summed E-state index contributed by atoms with van der Waals surface area (Å²) in [5.74, 6) is -1.47. The fourth-order valence-electron chi connectivity index (χ4n) is 4.37. The average Bonchev–Trinajstić information content (AvgIpc) is 2.96. The zero-order valence-electron chi connectivity index (χ0n) is 20.6. The Balaban J connectivity index is 2.18. The molecule has 1 aliphatic carbocycles. The highest BCUT2D eigenvalue weighted by Gasteiger charge is 2.59. The van der Waals surface area contributed by atoms with E-state index >= 15 is 0 Å². The number of rotatable bonds is 7. The van der Waals surface area contributed by atoms with Crippen LogP contribution in [-0.2, 0) is 30.3 Å². The molecule has 3 unspecified atom stereocenters. The number of amides is 1. The van der Waals surface area contributed by atoms with Gasteiger partial charge in [-0.25, -0.2) is 4.79 Å². The van der Waals surface area contributed by atoms with E-state index in [-0.39, 0.29) is 11.9 Å². The lowest BCUT2D eigenvalue weighted by Crippen LogP contribution is -2.51. The molecule has 1 aromatic carbocycles. The molecule has 7 nitrogen and oxygen atoms in total. The Morgan fingerprint density at radius 3 is 2.22 bits per heavy atom. The van der Waals surface area contributed by atoms with Crippen LogP contribution in [0.15, 0.2) is 24.3 Å². The summed E-state index contributed by atoms with van der Waals surface area (Å²) in [7, 11) is 3.14. The van der Waals surface area contributed by atoms with E-state index in [4.69, 9.17) is 9.47 Å². The lowest BCUT2D eigenvalue weighted by molar-refractivity contribution is -0.173. The molecule has 0 aromatic heterocycles. The third-order valence-electron chi connectivity index (χ3n) is 6.88. The molecule has 7 heteroatoms. The highest BCUT2D eigenvalue weighted by Crippen LogP contribution is 2.57. The molecule has 3 atom stereocenters. The topological polar surface area (TPSA) is 93.7 Å². The summed E-state index contributed by atoms with van der Waals surface area (Å²) in [6, 6.07) is 6.84. The van der Waals surface area contributed by atoms with Gasteiger partial charge in [0.1, 0.15) is 11.6 Å². The van der Waals surface area contributed by atoms with Crippen LogP contribution in [0, 0.1) is 16.7 Å². The Labute approximate surface area is 191 Å². The van der Waals surface area contributed by atoms with Gasteiger partial charge in [-0.2, -0.15) is 0 Å². The first kappa shape index (κ1) is 25.7. The first-order chi connectivity index (χ1) is 14.7. The fraction of sp³-hybridized carbons (Fsp3) is 0.640. The number of esters is 2. The average molecular weight is 447 g/mol. The third-order valence-corrected chi connectivity index (χ3v) is 6.88. The molecule has 178 valence electrons. The van der Waals surface area contributed by atoms with Gasteiger partial charge in [0.15, 0.2) is 0 Å². The van der Waals surface area contributed by atoms with Gasteiger partial charge in [0.25, 0.3) is 0 Å². The summed E-state index contributed by atoms with van der Waals surface area (Å²) in [5, 5.41) is 5.94. The number of hydrogen-bond acceptors (Lipinski definition) is 6. The van der Waals surface area contributed by atoms with E-state index in [1.54, 1.807) is 0 Å². The molecule has 1 fully saturated rings. The van der Waals surface area contributed by atoms with Gasteiger partial charge in [-0.1, -0.05) is 26.0 Å². The van der Waals surface area contributed by atoms with Crippen molar-refractivity contribution in [2.24, 2.45) is 16.7 Å². The number of hydrogen-bond donors (Lipinski definition) is 2. The maximum atomic E-state index is 13.3. The molecule has 0 bridgehead atoms. The quantitative estimate of drug-likeness (QED) is 0.620. The normalized spacial score (nSPS) is 23.2. The third kappa shape index (κ3) is 5.43. The molecule has 1 aromatic rings. The van der Waals surface area contributed by atoms with Gasteiger partial charge in [-0.3, -0.25) is 9.59 Å². The van der Waals surface area contributed by atoms with E-state index in [1.165, 1.54) is 7.11 Å². The second-order valence-electron chi connectivity index (χ2n) is 10.4. The number of benzene rings is 1. The van der Waals surface area contributed by atoms with Crippen molar-refractivity contribution >= 4 is 23.5 Å². The molecule has 2 N–H and O–H groups in total. The fourth-order valence-corrected chi connectivity index (χ4v) is 4.37. The molecule has 32 heavy (non-hydrogen) atoms. The van der Waals surface area contributed by atoms with E-state index in [0.717, 1.165) is 11.3 Å². The van der Waals surface area contributed by atoms with Crippen molar-refractivity contribution < 1.29 is 23.9 Å². The number of nitrogens with one attached hydrogen (secondary N) is 2. The van der Waals surface area contributed by atoms with Crippen LogP contribution in [0.2, 0.25) is 0 Å². The van der Waals surface area contributed by atoms with E-state index < -0.39 is 34.4 Å². The molecule has 0 spiro atoms. The van der Waals surface area contributed by atoms with E-state index in [0.29, 0.717) is 19.3 Å². The van der Waals surface area contributed by atoms with Crippen LogP contribution in [-0.4, -0.2) is 43.6 Å². The molecule has 0 heterocycles. The Kier molecular flexibility index (Phi) is 7.63. The molecule has 2 rings (SSSR count). The van der Waals surface area contributed by atoms with E-state index in [1.807, 2.05) is 72.9 Å². The minimum absolute atomic E-state index is 0.246. The van der Waals surface area contributed by atoms with Gasteiger partial charge in [0, 0.05) is 25.1 Å². The minimum atomic E-state index is -0.808. The highest BCUT2D eigenvalue weighted by molar-refractivity contribution is 5.88. The number of methoxy groups -OCH3 is 1. The largest absolute Gasteiger partial charge is 0.467 e. The predicted molar refractivity (Wildman–Crippen MR) is 124 cm³/mol. The van der Waals surface area contributed by atoms with Crippen molar-refractivity contribution in [1.29, 1.82) is 0 Å². The first-order valence-electron chi connectivity index (χ1n) is 11.1. The zero-order valence-corrected chi connectivity index (χ0v) is 20.6. The van der Waals surface area contributed by atoms with Crippen LogP contribution in [0.1, 0.15) is 59.9 Å². The van der Waals surface area contributed by atoms with Crippen molar-refractivity contribution in [3.63, 3.8) is 0 Å². The summed E-state index contributed by atoms with van der Waals surface area (Å²) in [6.07, 6.45) is 1.40. The van der Waals surface area contributed by atoms with E-state index in [9.17, 15) is 14.4 Å². The van der Waals surface area contributed by atoms with Crippen molar-refractivity contribution in [3.8, 4) is 0 Å². The van der Waals surface area contributed by atoms with Crippen molar-refractivity contribution in [1.82, 2.24) is 5.32 Å². The molecular formula is C25H38N2O5. The number of carbonyl (C=O) groups excluding carboxylic acids is 3. The smallest absolute Gasteiger partial charge is 0.328 e. The summed E-state index contributed by atoms with van der Waals surface area (Å²) in [6.45, 7) is 11.2. The molecule has 1 saturated carbocycles. The Bertz CT molecular complexity index is 841. The van der Waals surface area contributed by atoms with Gasteiger partial charge >= 0.3 is 11.9 Å². The lowest BCUT2D eigenvalue weighted by atomic mass is 9.65. The SMILES string of the molecule is CNc1ccc(CC(NC(=O)C2CCC(C)(C(=O)OC(C)(C)C)C2(C)C)C(=O)OC)cc1. The van der Waals surface area contributed by atoms with Gasteiger partial charge in [-0.15, -0.1) is 0 Å². The highest BCUT2D eigenvalue weighted by atomic mass is 16.6. The van der Waals surface area contributed by atoms with Gasteiger partial charge in [-0.05, 0) is 63.6 Å². The summed E-state index contributed by atoms with van der Waals surface area (Å²) in [4.78, 5) is 38.7. The number of anilines is 1. The number of ether oxygens (including phenoxy) is 2. The molecular weight excluding hydrogens is 408 g/mol. The molecule has 1 amide bonds. The second kappa shape index (κ2) is 9.51. The Morgan fingerprint density at radius 1 is 1.12 bits per heavy atom. The monoisotopic (exact) mass is 446 g/mol. The summed E-state index contributed by atoms with van der Waals surface area (Å²) < 4.78 is 10.6. The zero-order chi connectivity index (χ0) is 24.3. The van der Waals surface area contributed by atoms with E-state index in [2.05, 4.69) is 10.6 Å². The van der Waals surface area contributed by atoms with Crippen LogP contribution >= 0.6 is 0 Å². The van der Waals surface area contributed by atoms with Gasteiger partial charge in [0.2, 0.25) is 5.91 Å². The van der Waals surface area contributed by atoms with Crippen LogP contribution < -0.4 is 10.6 Å². The molecule has 0 radical (unpaired) electrons. The second-order valence-corrected chi connectivity index (χ2v) is 10.4. The van der Waals surface area contributed by atoms with Crippen molar-refractivity contribution in [2.75, 3.05) is 19.5 Å². The lowest BCUT2D eigenvalue weighted by Gasteiger charge is -2.40. The number of carbonyl (C=O) groups is 3. The predicted octanol–water partition coefficient (Wildman–Crippen LogP) is 3.71. The van der Waals surface area contributed by atoms with Gasteiger partial charge in [0.05, 0.1) is 12.5 Å². The van der Waals surface area contributed by atoms with Crippen LogP contribution in [0.25, 0.3) is 0 Å². The Hall–Kier alpha value is -2.57. The molecule has 1 aliphatic rings. The van der Waals surface area contributed by atoms with Crippen LogP contribution in [0.3, 0.4) is 0 Å². The molecule has 0 saturated heterocycles. The minimum Gasteiger partial charge on any atom is -0.467 e. The first-order valence-corrected chi connectivity index (χ1v) is 11.1. The van der Waals surface area contributed by atoms with Crippen LogP contribution in [0.4, 0.5) is 5.69 Å². The molecule has 0 aliphatic heterocycles. The standard InChI is InChI=1S/C25H38N2O5/c1-23(2,3)32-22(30)25(6)14-13-18(24(25,4)5)20(28)27-19(21(29)31-8)15-16-9-11-17(26-7)12-10-16/h9-12,18-19,26H,13-15H2,1-8H3,(H,27,28). The Morgan fingerprint density at radius 2 is 1.72 bits per heavy atom. The maximum Gasteiger partial charge on any atom is 0.328 e.